The van der Waals surface area contributed by atoms with Gasteiger partial charge in [-0.25, -0.2) is 4.79 Å². The van der Waals surface area contributed by atoms with Crippen molar-refractivity contribution < 1.29 is 19.1 Å². The van der Waals surface area contributed by atoms with Crippen LogP contribution in [0.4, 0.5) is 0 Å². The van der Waals surface area contributed by atoms with Crippen molar-refractivity contribution in [2.24, 2.45) is 5.41 Å². The van der Waals surface area contributed by atoms with Crippen LogP contribution in [0.2, 0.25) is 0 Å². The Bertz CT molecular complexity index is 839. The van der Waals surface area contributed by atoms with Gasteiger partial charge < -0.3 is 14.8 Å². The Morgan fingerprint density at radius 1 is 1.18 bits per heavy atom. The Kier molecular flexibility index (Phi) is 12.1. The molecule has 1 aromatic heterocycles. The SMILES string of the molecule is CCCOC.CCOC(=O)C1=C(C)NC(CCC(C)(C)CC)=C(C(C)=O)C1c1cccnc1. The topological polar surface area (TPSA) is 77.5 Å². The second-order valence-corrected chi connectivity index (χ2v) is 9.06. The average molecular weight is 459 g/mol. The highest BCUT2D eigenvalue weighted by Gasteiger charge is 2.37. The number of nitrogens with zero attached hydrogens (tertiary/aromatic N) is 1. The first-order valence-electron chi connectivity index (χ1n) is 11.9. The molecule has 0 amide bonds. The minimum Gasteiger partial charge on any atom is -0.463 e. The lowest BCUT2D eigenvalue weighted by atomic mass is 9.77. The molecule has 1 N–H and O–H groups in total. The Balaban J connectivity index is 0.000000981. The Morgan fingerprint density at radius 2 is 1.88 bits per heavy atom. The molecule has 1 aliphatic rings. The number of carbonyl (C=O) groups is 2. The van der Waals surface area contributed by atoms with Crippen LogP contribution in [0.1, 0.15) is 85.6 Å². The molecule has 0 radical (unpaired) electrons. The van der Waals surface area contributed by atoms with Crippen LogP contribution in [0, 0.1) is 5.41 Å². The van der Waals surface area contributed by atoms with Crippen molar-refractivity contribution in [1.82, 2.24) is 10.3 Å². The number of aromatic nitrogens is 1. The predicted octanol–water partition coefficient (Wildman–Crippen LogP) is 5.71. The second kappa shape index (κ2) is 13.9. The molecule has 1 aromatic rings. The van der Waals surface area contributed by atoms with Gasteiger partial charge in [0.2, 0.25) is 0 Å². The lowest BCUT2D eigenvalue weighted by molar-refractivity contribution is -0.138. The van der Waals surface area contributed by atoms with Crippen LogP contribution in [-0.4, -0.2) is 37.1 Å². The molecule has 0 fully saturated rings. The number of hydrogen-bond donors (Lipinski definition) is 1. The summed E-state index contributed by atoms with van der Waals surface area (Å²) in [4.78, 5) is 29.7. The second-order valence-electron chi connectivity index (χ2n) is 9.06. The Labute approximate surface area is 199 Å². The minimum atomic E-state index is -0.466. The summed E-state index contributed by atoms with van der Waals surface area (Å²) < 4.78 is 10.00. The van der Waals surface area contributed by atoms with Gasteiger partial charge in [0.05, 0.1) is 12.2 Å². The number of nitrogens with one attached hydrogen (secondary N) is 1. The monoisotopic (exact) mass is 458 g/mol. The molecular formula is C27H42N2O4. The highest BCUT2D eigenvalue weighted by atomic mass is 16.5. The number of ether oxygens (including phenoxy) is 2. The van der Waals surface area contributed by atoms with E-state index in [1.807, 2.05) is 19.1 Å². The molecule has 0 aliphatic carbocycles. The van der Waals surface area contributed by atoms with E-state index in [4.69, 9.17) is 9.47 Å². The number of dihydropyridines is 1. The number of hydrogen-bond acceptors (Lipinski definition) is 6. The quantitative estimate of drug-likeness (QED) is 0.453. The van der Waals surface area contributed by atoms with Crippen LogP contribution >= 0.6 is 0 Å². The number of pyridine rings is 1. The summed E-state index contributed by atoms with van der Waals surface area (Å²) in [7, 11) is 1.71. The number of Topliss-reactive ketones (excluding diaryl/α,β-unsaturated/α-hetero) is 1. The molecule has 6 heteroatoms. The molecule has 2 heterocycles. The van der Waals surface area contributed by atoms with E-state index in [0.29, 0.717) is 11.1 Å². The summed E-state index contributed by atoms with van der Waals surface area (Å²) >= 11 is 0. The first-order chi connectivity index (χ1) is 15.6. The Morgan fingerprint density at radius 3 is 2.33 bits per heavy atom. The van der Waals surface area contributed by atoms with E-state index < -0.39 is 11.9 Å². The molecule has 2 rings (SSSR count). The average Bonchev–Trinajstić information content (AvgIpc) is 2.78. The third-order valence-electron chi connectivity index (χ3n) is 5.95. The van der Waals surface area contributed by atoms with Crippen LogP contribution in [-0.2, 0) is 19.1 Å². The number of methoxy groups -OCH3 is 1. The zero-order valence-electron chi connectivity index (χ0n) is 21.7. The molecule has 6 nitrogen and oxygen atoms in total. The van der Waals surface area contributed by atoms with Crippen molar-refractivity contribution in [3.8, 4) is 0 Å². The molecule has 1 unspecified atom stereocenters. The maximum Gasteiger partial charge on any atom is 0.336 e. The minimum absolute atomic E-state index is 0.0417. The van der Waals surface area contributed by atoms with Gasteiger partial charge in [-0.1, -0.05) is 40.2 Å². The van der Waals surface area contributed by atoms with Gasteiger partial charge in [-0.05, 0) is 57.1 Å². The molecule has 0 saturated heterocycles. The van der Waals surface area contributed by atoms with E-state index in [9.17, 15) is 9.59 Å². The van der Waals surface area contributed by atoms with Gasteiger partial charge in [-0.3, -0.25) is 9.78 Å². The number of ketones is 1. The van der Waals surface area contributed by atoms with Crippen molar-refractivity contribution in [3.63, 3.8) is 0 Å². The first kappa shape index (κ1) is 28.6. The summed E-state index contributed by atoms with van der Waals surface area (Å²) in [6.07, 6.45) is 7.29. The maximum atomic E-state index is 12.8. The van der Waals surface area contributed by atoms with Gasteiger partial charge in [0.25, 0.3) is 0 Å². The first-order valence-corrected chi connectivity index (χ1v) is 11.9. The molecule has 184 valence electrons. The normalized spacial score (nSPS) is 16.1. The lowest BCUT2D eigenvalue weighted by Crippen LogP contribution is -2.32. The predicted molar refractivity (Wildman–Crippen MR) is 133 cm³/mol. The van der Waals surface area contributed by atoms with E-state index in [0.717, 1.165) is 49.2 Å². The lowest BCUT2D eigenvalue weighted by Gasteiger charge is -2.33. The van der Waals surface area contributed by atoms with Crippen LogP contribution in [0.3, 0.4) is 0 Å². The molecule has 0 aromatic carbocycles. The van der Waals surface area contributed by atoms with Crippen LogP contribution < -0.4 is 5.32 Å². The summed E-state index contributed by atoms with van der Waals surface area (Å²) in [5, 5.41) is 3.35. The van der Waals surface area contributed by atoms with Crippen LogP contribution in [0.15, 0.2) is 47.1 Å². The van der Waals surface area contributed by atoms with Crippen LogP contribution in [0.25, 0.3) is 0 Å². The van der Waals surface area contributed by atoms with Gasteiger partial charge in [-0.2, -0.15) is 0 Å². The standard InChI is InChI=1S/C23H32N2O3.C4H10O/c1-7-23(5,6)12-11-18-20(16(4)26)21(17-10-9-13-24-14-17)19(15(3)25-18)22(27)28-8-2;1-3-4-5-2/h9-10,13-14,21,25H,7-8,11-12H2,1-6H3;3-4H2,1-2H3. The van der Waals surface area contributed by atoms with Gasteiger partial charge in [0.15, 0.2) is 5.78 Å². The van der Waals surface area contributed by atoms with Gasteiger partial charge >= 0.3 is 5.97 Å². The maximum absolute atomic E-state index is 12.8. The molecule has 33 heavy (non-hydrogen) atoms. The largest absolute Gasteiger partial charge is 0.463 e. The third kappa shape index (κ3) is 8.43. The third-order valence-corrected chi connectivity index (χ3v) is 5.95. The van der Waals surface area contributed by atoms with E-state index in [2.05, 4.69) is 38.0 Å². The number of allylic oxidation sites excluding steroid dienone is 3. The molecule has 0 spiro atoms. The van der Waals surface area contributed by atoms with E-state index >= 15 is 0 Å². The van der Waals surface area contributed by atoms with Crippen molar-refractivity contribution in [1.29, 1.82) is 0 Å². The number of esters is 1. The summed E-state index contributed by atoms with van der Waals surface area (Å²) in [6.45, 7) is 15.1. The van der Waals surface area contributed by atoms with Gasteiger partial charge in [-0.15, -0.1) is 0 Å². The zero-order chi connectivity index (χ0) is 25.0. The van der Waals surface area contributed by atoms with E-state index in [1.54, 1.807) is 33.4 Å². The van der Waals surface area contributed by atoms with Gasteiger partial charge in [0, 0.05) is 49.0 Å². The van der Waals surface area contributed by atoms with Gasteiger partial charge in [0.1, 0.15) is 0 Å². The fourth-order valence-electron chi connectivity index (χ4n) is 3.71. The molecular weight excluding hydrogens is 416 g/mol. The fourth-order valence-corrected chi connectivity index (χ4v) is 3.71. The highest BCUT2D eigenvalue weighted by Crippen LogP contribution is 2.40. The summed E-state index contributed by atoms with van der Waals surface area (Å²) in [5.74, 6) is -0.903. The van der Waals surface area contributed by atoms with E-state index in [-0.39, 0.29) is 17.8 Å². The molecule has 1 aliphatic heterocycles. The summed E-state index contributed by atoms with van der Waals surface area (Å²) in [6, 6.07) is 3.74. The van der Waals surface area contributed by atoms with E-state index in [1.165, 1.54) is 0 Å². The molecule has 0 saturated carbocycles. The van der Waals surface area contributed by atoms with Crippen molar-refractivity contribution >= 4 is 11.8 Å². The highest BCUT2D eigenvalue weighted by molar-refractivity contribution is 6.02. The van der Waals surface area contributed by atoms with Crippen molar-refractivity contribution in [2.45, 2.75) is 80.1 Å². The van der Waals surface area contributed by atoms with Crippen LogP contribution in [0.5, 0.6) is 0 Å². The fraction of sp³-hybridized carbons (Fsp3) is 0.593. The number of carbonyl (C=O) groups excluding carboxylic acids is 2. The zero-order valence-corrected chi connectivity index (χ0v) is 21.7. The number of rotatable bonds is 10. The smallest absolute Gasteiger partial charge is 0.336 e. The Hall–Kier alpha value is -2.47. The molecule has 1 atom stereocenters. The summed E-state index contributed by atoms with van der Waals surface area (Å²) in [5.41, 5.74) is 3.75. The van der Waals surface area contributed by atoms with Crippen molar-refractivity contribution in [3.05, 3.63) is 52.6 Å². The molecule has 0 bridgehead atoms. The van der Waals surface area contributed by atoms with Crippen molar-refractivity contribution in [2.75, 3.05) is 20.3 Å².